The predicted octanol–water partition coefficient (Wildman–Crippen LogP) is 7.77. The maximum atomic E-state index is 15.2. The summed E-state index contributed by atoms with van der Waals surface area (Å²) in [7, 11) is 0. The molecule has 3 N–H and O–H groups in total. The summed E-state index contributed by atoms with van der Waals surface area (Å²) in [4.78, 5) is 22.4. The average molecular weight is 606 g/mol. The van der Waals surface area contributed by atoms with Gasteiger partial charge in [0.2, 0.25) is 5.82 Å². The van der Waals surface area contributed by atoms with Crippen LogP contribution in [0.2, 0.25) is 0 Å². The number of aliphatic carboxylic acids is 1. The highest BCUT2D eigenvalue weighted by Gasteiger charge is 2.47. The molecule has 3 heterocycles. The third-order valence-corrected chi connectivity index (χ3v) is 9.41. The van der Waals surface area contributed by atoms with Crippen molar-refractivity contribution in [2.75, 3.05) is 12.9 Å². The predicted molar refractivity (Wildman–Crippen MR) is 156 cm³/mol. The number of ether oxygens (including phenoxy) is 2. The fourth-order valence-corrected chi connectivity index (χ4v) is 6.80. The van der Waals surface area contributed by atoms with Gasteiger partial charge in [-0.2, -0.15) is 4.39 Å². The van der Waals surface area contributed by atoms with E-state index in [-0.39, 0.29) is 34.3 Å². The summed E-state index contributed by atoms with van der Waals surface area (Å²) < 4.78 is 56.9. The minimum Gasteiger partial charge on any atom is -0.493 e. The molecular formula is C32H26F3N3O4S. The van der Waals surface area contributed by atoms with Gasteiger partial charge in [-0.1, -0.05) is 18.2 Å². The number of carboxylic acid groups (broad SMARTS) is 1. The maximum Gasteiger partial charge on any atom is 0.307 e. The van der Waals surface area contributed by atoms with Crippen molar-refractivity contribution in [3.05, 3.63) is 89.1 Å². The first-order valence-electron chi connectivity index (χ1n) is 13.8. The zero-order chi connectivity index (χ0) is 30.0. The number of benzene rings is 3. The highest BCUT2D eigenvalue weighted by molar-refractivity contribution is 7.99. The number of imidazole rings is 1. The van der Waals surface area contributed by atoms with Crippen molar-refractivity contribution in [3.8, 4) is 28.6 Å². The molecule has 220 valence electrons. The minimum atomic E-state index is -1.14. The van der Waals surface area contributed by atoms with Gasteiger partial charge < -0.3 is 24.5 Å². The molecule has 0 saturated heterocycles. The lowest BCUT2D eigenvalue weighted by molar-refractivity contribution is -0.138. The summed E-state index contributed by atoms with van der Waals surface area (Å²) in [5.74, 6) is -3.31. The molecule has 3 aromatic carbocycles. The molecule has 1 aliphatic heterocycles. The van der Waals surface area contributed by atoms with Crippen molar-refractivity contribution in [1.82, 2.24) is 15.0 Å². The molecule has 0 radical (unpaired) electrons. The molecule has 2 aromatic heterocycles. The fourth-order valence-electron chi connectivity index (χ4n) is 6.10. The van der Waals surface area contributed by atoms with Crippen LogP contribution in [-0.4, -0.2) is 38.9 Å². The van der Waals surface area contributed by atoms with E-state index in [1.807, 2.05) is 25.1 Å². The zero-order valence-corrected chi connectivity index (χ0v) is 23.9. The number of halogens is 3. The number of aromatic amines is 2. The first kappa shape index (κ1) is 27.5. The molecule has 0 bridgehead atoms. The van der Waals surface area contributed by atoms with Crippen LogP contribution in [0.4, 0.5) is 13.2 Å². The second-order valence-electron chi connectivity index (χ2n) is 11.1. The van der Waals surface area contributed by atoms with Gasteiger partial charge in [0.25, 0.3) is 0 Å². The van der Waals surface area contributed by atoms with Gasteiger partial charge >= 0.3 is 5.97 Å². The van der Waals surface area contributed by atoms with Crippen LogP contribution in [0.25, 0.3) is 22.3 Å². The third kappa shape index (κ3) is 4.36. The first-order valence-corrected chi connectivity index (χ1v) is 15.0. The lowest BCUT2D eigenvalue weighted by atomic mass is 9.74. The molecule has 7 nitrogen and oxygen atoms in total. The van der Waals surface area contributed by atoms with E-state index in [1.165, 1.54) is 36.2 Å². The van der Waals surface area contributed by atoms with Crippen molar-refractivity contribution in [1.29, 1.82) is 0 Å². The quantitative estimate of drug-likeness (QED) is 0.164. The Balaban J connectivity index is 1.23. The number of nitrogens with one attached hydrogen (secondary N) is 2. The average Bonchev–Trinajstić information content (AvgIpc) is 3.38. The van der Waals surface area contributed by atoms with Crippen molar-refractivity contribution >= 4 is 28.6 Å². The van der Waals surface area contributed by atoms with Crippen LogP contribution in [0.5, 0.6) is 17.2 Å². The Morgan fingerprint density at radius 2 is 2.02 bits per heavy atom. The van der Waals surface area contributed by atoms with E-state index >= 15 is 8.78 Å². The van der Waals surface area contributed by atoms with E-state index in [0.717, 1.165) is 16.8 Å². The summed E-state index contributed by atoms with van der Waals surface area (Å²) in [6.07, 6.45) is 6.11. The van der Waals surface area contributed by atoms with Crippen LogP contribution in [-0.2, 0) is 10.2 Å². The molecule has 5 aromatic rings. The first-order chi connectivity index (χ1) is 20.7. The van der Waals surface area contributed by atoms with Gasteiger partial charge in [-0.3, -0.25) is 4.79 Å². The lowest BCUT2D eigenvalue weighted by Gasteiger charge is -2.36. The van der Waals surface area contributed by atoms with Crippen molar-refractivity contribution in [2.45, 2.75) is 36.0 Å². The van der Waals surface area contributed by atoms with Gasteiger partial charge in [-0.25, -0.2) is 13.8 Å². The molecule has 0 unspecified atom stereocenters. The van der Waals surface area contributed by atoms with Gasteiger partial charge in [-0.05, 0) is 55.9 Å². The molecule has 1 saturated carbocycles. The Hall–Kier alpha value is -4.38. The molecular weight excluding hydrogens is 579 g/mol. The third-order valence-electron chi connectivity index (χ3n) is 8.59. The molecule has 11 heteroatoms. The molecule has 0 spiro atoms. The standard InChI is InChI=1S/C32H26F3N3O4S/c1-32(9-11-41-27-16(4-3-5-21(27)32)18-13-19(18)31(39)40)23-14-37-30(38-23)20-12-15(6-7-22(20)33)42-28-25(35)24(34)26-17(8-10-36-26)29(28)43-2/h3-8,10,12,14,18-19,36H,9,11,13H2,1-2H3,(H,37,38)(H,39,40)/t18-,19-,32+/m1/s1. The monoisotopic (exact) mass is 605 g/mol. The topological polar surface area (TPSA) is 100 Å². The molecule has 2 aliphatic rings. The number of para-hydroxylation sites is 1. The molecule has 3 atom stereocenters. The van der Waals surface area contributed by atoms with E-state index in [4.69, 9.17) is 9.47 Å². The van der Waals surface area contributed by atoms with E-state index in [9.17, 15) is 14.3 Å². The van der Waals surface area contributed by atoms with Gasteiger partial charge in [0.05, 0.1) is 28.5 Å². The number of rotatable bonds is 7. The van der Waals surface area contributed by atoms with E-state index in [1.54, 1.807) is 18.5 Å². The second kappa shape index (κ2) is 10.1. The Morgan fingerprint density at radius 3 is 2.79 bits per heavy atom. The van der Waals surface area contributed by atoms with Crippen LogP contribution in [0.3, 0.4) is 0 Å². The van der Waals surface area contributed by atoms with Gasteiger partial charge in [0, 0.05) is 40.4 Å². The van der Waals surface area contributed by atoms with E-state index in [0.29, 0.717) is 35.5 Å². The molecule has 43 heavy (non-hydrogen) atoms. The molecule has 0 amide bonds. The van der Waals surface area contributed by atoms with Gasteiger partial charge in [0.1, 0.15) is 23.1 Å². The number of nitrogens with zero attached hydrogens (tertiary/aromatic N) is 1. The number of aromatic nitrogens is 3. The normalized spacial score (nSPS) is 21.0. The van der Waals surface area contributed by atoms with Gasteiger partial charge in [-0.15, -0.1) is 11.8 Å². The Bertz CT molecular complexity index is 1920. The van der Waals surface area contributed by atoms with Crippen molar-refractivity contribution in [3.63, 3.8) is 0 Å². The Morgan fingerprint density at radius 1 is 1.19 bits per heavy atom. The van der Waals surface area contributed by atoms with E-state index in [2.05, 4.69) is 15.0 Å². The number of carbonyl (C=O) groups is 1. The number of hydrogen-bond donors (Lipinski definition) is 3. The lowest BCUT2D eigenvalue weighted by Crippen LogP contribution is -2.32. The van der Waals surface area contributed by atoms with Crippen molar-refractivity contribution < 1.29 is 32.5 Å². The zero-order valence-electron chi connectivity index (χ0n) is 23.1. The summed E-state index contributed by atoms with van der Waals surface area (Å²) in [6, 6.07) is 11.4. The van der Waals surface area contributed by atoms with Crippen LogP contribution in [0, 0.1) is 23.4 Å². The number of hydrogen-bond acceptors (Lipinski definition) is 5. The SMILES string of the molecule is CSc1c(Oc2ccc(F)c(-c3ncc([C@@]4(C)CCOc5c([C@H]6C[C@H]6C(=O)O)cccc54)[nH]3)c2)c(F)c(F)c2[nH]ccc12. The summed E-state index contributed by atoms with van der Waals surface area (Å²) in [5.41, 5.74) is 2.11. The molecule has 1 fully saturated rings. The molecule has 1 aliphatic carbocycles. The Kier molecular flexibility index (Phi) is 6.46. The number of fused-ring (bicyclic) bond motifs is 2. The number of H-pyrrole nitrogens is 2. The van der Waals surface area contributed by atoms with Crippen LogP contribution >= 0.6 is 11.8 Å². The van der Waals surface area contributed by atoms with Crippen molar-refractivity contribution in [2.24, 2.45) is 5.92 Å². The minimum absolute atomic E-state index is 0.0475. The largest absolute Gasteiger partial charge is 0.493 e. The highest BCUT2D eigenvalue weighted by atomic mass is 32.2. The van der Waals surface area contributed by atoms with Gasteiger partial charge in [0.15, 0.2) is 11.6 Å². The van der Waals surface area contributed by atoms with Crippen LogP contribution in [0.1, 0.15) is 42.5 Å². The van der Waals surface area contributed by atoms with Crippen LogP contribution < -0.4 is 9.47 Å². The summed E-state index contributed by atoms with van der Waals surface area (Å²) >= 11 is 1.21. The smallest absolute Gasteiger partial charge is 0.307 e. The highest BCUT2D eigenvalue weighted by Crippen LogP contribution is 2.54. The number of carboxylic acids is 1. The van der Waals surface area contributed by atoms with E-state index < -0.39 is 34.8 Å². The Labute approximate surface area is 248 Å². The summed E-state index contributed by atoms with van der Waals surface area (Å²) in [5, 5.41) is 9.94. The second-order valence-corrected chi connectivity index (χ2v) is 11.9. The fraction of sp³-hybridized carbons (Fsp3) is 0.250. The maximum absolute atomic E-state index is 15.2. The summed E-state index contributed by atoms with van der Waals surface area (Å²) in [6.45, 7) is 2.47. The molecule has 7 rings (SSSR count). The number of thioether (sulfide) groups is 1. The van der Waals surface area contributed by atoms with Crippen LogP contribution in [0.15, 0.2) is 59.8 Å².